The predicted molar refractivity (Wildman–Crippen MR) is 95.1 cm³/mol. The molecule has 134 valence electrons. The number of amides is 1. The van der Waals surface area contributed by atoms with Crippen LogP contribution in [0.5, 0.6) is 0 Å². The zero-order chi connectivity index (χ0) is 18.3. The molecule has 0 bridgehead atoms. The molecular weight excluding hydrogens is 383 g/mol. The number of carbonyl (C=O) groups excluding carboxylic acids is 1. The molecule has 0 spiro atoms. The van der Waals surface area contributed by atoms with E-state index >= 15 is 0 Å². The Bertz CT molecular complexity index is 956. The molecule has 0 saturated carbocycles. The molecule has 1 atom stereocenters. The van der Waals surface area contributed by atoms with Crippen LogP contribution < -0.4 is 0 Å². The molecule has 1 fully saturated rings. The Morgan fingerprint density at radius 2 is 1.81 bits per heavy atom. The third-order valence-corrected chi connectivity index (χ3v) is 5.99. The van der Waals surface area contributed by atoms with E-state index in [1.165, 1.54) is 12.1 Å². The van der Waals surface area contributed by atoms with Gasteiger partial charge in [-0.15, -0.1) is 11.8 Å². The van der Waals surface area contributed by atoms with Gasteiger partial charge in [-0.3, -0.25) is 4.79 Å². The SMILES string of the molecule is O=C(c1ccc2nsnc2c1)N1CCS[C@@H]1c1ccc(C(F)(F)F)cc1. The number of hydrogen-bond acceptors (Lipinski definition) is 5. The van der Waals surface area contributed by atoms with E-state index in [1.54, 1.807) is 34.9 Å². The Balaban J connectivity index is 1.60. The molecule has 1 saturated heterocycles. The van der Waals surface area contributed by atoms with E-state index < -0.39 is 11.7 Å². The van der Waals surface area contributed by atoms with E-state index in [0.29, 0.717) is 23.2 Å². The van der Waals surface area contributed by atoms with Gasteiger partial charge >= 0.3 is 6.18 Å². The summed E-state index contributed by atoms with van der Waals surface area (Å²) >= 11 is 2.63. The van der Waals surface area contributed by atoms with Gasteiger partial charge in [-0.25, -0.2) is 0 Å². The fraction of sp³-hybridized carbons (Fsp3) is 0.235. The van der Waals surface area contributed by atoms with Crippen LogP contribution in [-0.4, -0.2) is 31.9 Å². The zero-order valence-corrected chi connectivity index (χ0v) is 14.9. The highest BCUT2D eigenvalue weighted by atomic mass is 32.2. The van der Waals surface area contributed by atoms with Crippen LogP contribution in [0.3, 0.4) is 0 Å². The molecule has 2 heterocycles. The first-order valence-electron chi connectivity index (χ1n) is 7.75. The van der Waals surface area contributed by atoms with E-state index in [0.717, 1.165) is 35.1 Å². The lowest BCUT2D eigenvalue weighted by Crippen LogP contribution is -2.30. The van der Waals surface area contributed by atoms with E-state index in [-0.39, 0.29) is 11.3 Å². The van der Waals surface area contributed by atoms with Crippen LogP contribution in [-0.2, 0) is 6.18 Å². The maximum absolute atomic E-state index is 12.9. The number of aromatic nitrogens is 2. The summed E-state index contributed by atoms with van der Waals surface area (Å²) in [7, 11) is 0. The molecule has 4 nitrogen and oxygen atoms in total. The summed E-state index contributed by atoms with van der Waals surface area (Å²) < 4.78 is 46.5. The van der Waals surface area contributed by atoms with Crippen molar-refractivity contribution < 1.29 is 18.0 Å². The van der Waals surface area contributed by atoms with Crippen LogP contribution in [0, 0.1) is 0 Å². The summed E-state index contributed by atoms with van der Waals surface area (Å²) in [6.07, 6.45) is -4.37. The normalized spacial score (nSPS) is 17.8. The summed E-state index contributed by atoms with van der Waals surface area (Å²) in [5.41, 5.74) is 1.90. The van der Waals surface area contributed by atoms with Crippen LogP contribution >= 0.6 is 23.5 Å². The van der Waals surface area contributed by atoms with Gasteiger partial charge in [0.1, 0.15) is 16.4 Å². The highest BCUT2D eigenvalue weighted by molar-refractivity contribution is 7.99. The number of alkyl halides is 3. The number of nitrogens with zero attached hydrogens (tertiary/aromatic N) is 3. The first-order valence-corrected chi connectivity index (χ1v) is 9.53. The largest absolute Gasteiger partial charge is 0.416 e. The highest BCUT2D eigenvalue weighted by Gasteiger charge is 2.33. The third kappa shape index (κ3) is 3.16. The second-order valence-electron chi connectivity index (χ2n) is 5.81. The zero-order valence-electron chi connectivity index (χ0n) is 13.2. The number of halogens is 3. The Morgan fingerprint density at radius 3 is 2.54 bits per heavy atom. The van der Waals surface area contributed by atoms with Crippen molar-refractivity contribution in [3.8, 4) is 0 Å². The second-order valence-corrected chi connectivity index (χ2v) is 7.53. The quantitative estimate of drug-likeness (QED) is 0.636. The van der Waals surface area contributed by atoms with Gasteiger partial charge in [0.25, 0.3) is 5.91 Å². The van der Waals surface area contributed by atoms with Crippen molar-refractivity contribution in [2.45, 2.75) is 11.6 Å². The van der Waals surface area contributed by atoms with Crippen molar-refractivity contribution >= 4 is 40.4 Å². The van der Waals surface area contributed by atoms with Crippen molar-refractivity contribution in [3.05, 3.63) is 59.2 Å². The molecule has 1 aromatic heterocycles. The highest BCUT2D eigenvalue weighted by Crippen LogP contribution is 2.40. The average Bonchev–Trinajstić information content (AvgIpc) is 3.29. The summed E-state index contributed by atoms with van der Waals surface area (Å²) in [5.74, 6) is 0.576. The van der Waals surface area contributed by atoms with Gasteiger partial charge in [0.05, 0.1) is 17.3 Å². The first-order chi connectivity index (χ1) is 12.4. The van der Waals surface area contributed by atoms with Gasteiger partial charge < -0.3 is 4.90 Å². The molecule has 3 aromatic rings. The molecule has 1 amide bonds. The maximum atomic E-state index is 12.9. The summed E-state index contributed by atoms with van der Waals surface area (Å²) in [6.45, 7) is 0.544. The standard InChI is InChI=1S/C17H12F3N3OS2/c18-17(19,20)12-4-1-10(2-5-12)16-23(7-8-25-16)15(24)11-3-6-13-14(9-11)22-26-21-13/h1-6,9,16H,7-8H2/t16-/m1/s1. The van der Waals surface area contributed by atoms with E-state index in [4.69, 9.17) is 0 Å². The van der Waals surface area contributed by atoms with E-state index in [9.17, 15) is 18.0 Å². The lowest BCUT2D eigenvalue weighted by Gasteiger charge is -2.24. The summed E-state index contributed by atoms with van der Waals surface area (Å²) in [5, 5.41) is -0.297. The minimum Gasteiger partial charge on any atom is -0.322 e. The minimum atomic E-state index is -4.37. The molecule has 26 heavy (non-hydrogen) atoms. The molecule has 2 aromatic carbocycles. The second kappa shape index (κ2) is 6.55. The smallest absolute Gasteiger partial charge is 0.322 e. The van der Waals surface area contributed by atoms with Crippen molar-refractivity contribution in [2.75, 3.05) is 12.3 Å². The van der Waals surface area contributed by atoms with Crippen LogP contribution in [0.4, 0.5) is 13.2 Å². The summed E-state index contributed by atoms with van der Waals surface area (Å²) in [4.78, 5) is 14.6. The van der Waals surface area contributed by atoms with Gasteiger partial charge in [-0.05, 0) is 35.9 Å². The molecule has 1 aliphatic heterocycles. The summed E-state index contributed by atoms with van der Waals surface area (Å²) in [6, 6.07) is 10.2. The van der Waals surface area contributed by atoms with Crippen molar-refractivity contribution in [1.82, 2.24) is 13.6 Å². The van der Waals surface area contributed by atoms with Crippen molar-refractivity contribution in [1.29, 1.82) is 0 Å². The van der Waals surface area contributed by atoms with Gasteiger partial charge in [-0.2, -0.15) is 21.9 Å². The molecule has 0 aliphatic carbocycles. The van der Waals surface area contributed by atoms with Crippen LogP contribution in [0.1, 0.15) is 26.9 Å². The van der Waals surface area contributed by atoms with E-state index in [1.807, 2.05) is 0 Å². The number of fused-ring (bicyclic) bond motifs is 1. The monoisotopic (exact) mass is 395 g/mol. The van der Waals surface area contributed by atoms with Crippen molar-refractivity contribution in [3.63, 3.8) is 0 Å². The maximum Gasteiger partial charge on any atom is 0.416 e. The number of thioether (sulfide) groups is 1. The van der Waals surface area contributed by atoms with Gasteiger partial charge in [-0.1, -0.05) is 12.1 Å². The van der Waals surface area contributed by atoms with Gasteiger partial charge in [0.15, 0.2) is 0 Å². The Labute approximate surface area is 155 Å². The molecule has 9 heteroatoms. The molecule has 1 aliphatic rings. The number of hydrogen-bond donors (Lipinski definition) is 0. The fourth-order valence-electron chi connectivity index (χ4n) is 2.87. The average molecular weight is 395 g/mol. The van der Waals surface area contributed by atoms with E-state index in [2.05, 4.69) is 8.75 Å². The molecule has 0 radical (unpaired) electrons. The van der Waals surface area contributed by atoms with Crippen LogP contribution in [0.25, 0.3) is 11.0 Å². The Kier molecular flexibility index (Phi) is 4.36. The number of rotatable bonds is 2. The Morgan fingerprint density at radius 1 is 1.08 bits per heavy atom. The van der Waals surface area contributed by atoms with Crippen LogP contribution in [0.15, 0.2) is 42.5 Å². The predicted octanol–water partition coefficient (Wildman–Crippen LogP) is 4.60. The first kappa shape index (κ1) is 17.3. The Hall–Kier alpha value is -2.13. The lowest BCUT2D eigenvalue weighted by molar-refractivity contribution is -0.137. The topological polar surface area (TPSA) is 46.1 Å². The van der Waals surface area contributed by atoms with Crippen LogP contribution in [0.2, 0.25) is 0 Å². The molecule has 4 rings (SSSR count). The molecular formula is C17H12F3N3OS2. The molecule has 0 unspecified atom stereocenters. The number of carbonyl (C=O) groups is 1. The van der Waals surface area contributed by atoms with Crippen molar-refractivity contribution in [2.24, 2.45) is 0 Å². The third-order valence-electron chi connectivity index (χ3n) is 4.18. The lowest BCUT2D eigenvalue weighted by atomic mass is 10.1. The number of benzene rings is 2. The van der Waals surface area contributed by atoms with Gasteiger partial charge in [0.2, 0.25) is 0 Å². The van der Waals surface area contributed by atoms with Gasteiger partial charge in [0, 0.05) is 17.9 Å². The minimum absolute atomic E-state index is 0.158. The molecule has 0 N–H and O–H groups in total. The fourth-order valence-corrected chi connectivity index (χ4v) is 4.65.